The van der Waals surface area contributed by atoms with E-state index in [-0.39, 0.29) is 0 Å². The van der Waals surface area contributed by atoms with Crippen molar-refractivity contribution < 1.29 is 26.6 Å². The fourth-order valence-electron chi connectivity index (χ4n) is 0.441. The van der Waals surface area contributed by atoms with Gasteiger partial charge < -0.3 is 0 Å². The molecule has 0 aliphatic carbocycles. The third kappa shape index (κ3) is 7.27. The molecule has 0 aromatic heterocycles. The average molecular weight is 257 g/mol. The molecule has 2 atom stereocenters. The maximum absolute atomic E-state index is 12.8. The minimum Gasteiger partial charge on any atom is -0.280 e. The van der Waals surface area contributed by atoms with E-state index in [9.17, 15) is 17.5 Å². The van der Waals surface area contributed by atoms with E-state index in [1.807, 2.05) is 0 Å². The maximum Gasteiger partial charge on any atom is 0.453 e. The van der Waals surface area contributed by atoms with Crippen molar-refractivity contribution in [2.45, 2.75) is 0 Å². The van der Waals surface area contributed by atoms with Crippen molar-refractivity contribution >= 4 is 15.7 Å². The zero-order chi connectivity index (χ0) is 11.9. The molecule has 84 valence electrons. The van der Waals surface area contributed by atoms with Gasteiger partial charge in [0.2, 0.25) is 0 Å². The largest absolute Gasteiger partial charge is 0.453 e. The third-order valence-electron chi connectivity index (χ3n) is 0.867. The lowest BCUT2D eigenvalue weighted by Gasteiger charge is -2.12. The third-order valence-corrected chi connectivity index (χ3v) is 3.70. The molecule has 0 aromatic carbocycles. The Morgan fingerprint density at radius 3 is 1.67 bits per heavy atom. The predicted molar refractivity (Wildman–Crippen MR) is 50.1 cm³/mol. The van der Waals surface area contributed by atoms with Crippen LogP contribution in [0.3, 0.4) is 0 Å². The first kappa shape index (κ1) is 14.3. The number of terminal acetylenes is 2. The molecule has 0 radical (unpaired) electrons. The first-order valence-electron chi connectivity index (χ1n) is 3.38. The molecule has 0 fully saturated rings. The number of rotatable bonds is 6. The van der Waals surface area contributed by atoms with E-state index < -0.39 is 28.9 Å². The molecule has 0 bridgehead atoms. The summed E-state index contributed by atoms with van der Waals surface area (Å²) < 4.78 is 54.8. The molecule has 0 saturated carbocycles. The Labute approximate surface area is 85.8 Å². The topological polar surface area (TPSA) is 64.6 Å². The Morgan fingerprint density at radius 2 is 1.40 bits per heavy atom. The predicted octanol–water partition coefficient (Wildman–Crippen LogP) is 2.03. The van der Waals surface area contributed by atoms with Crippen LogP contribution in [0, 0.1) is 24.7 Å². The Bertz CT molecular complexity index is 350. The standard InChI is InChI=1S/C6H7F2NO4P2/c1-3-5-12-14(7,10)9-15(8,11)13-6-4-2/h1-2H,5-6H2,(H,9,10,11). The van der Waals surface area contributed by atoms with Gasteiger partial charge in [-0.05, 0) is 0 Å². The van der Waals surface area contributed by atoms with Crippen molar-refractivity contribution in [3.05, 3.63) is 0 Å². The SMILES string of the molecule is C#CCOP(=O)(F)NP(=O)(F)OCC#C. The minimum absolute atomic E-state index is 0.671. The van der Waals surface area contributed by atoms with Gasteiger partial charge >= 0.3 is 15.7 Å². The van der Waals surface area contributed by atoms with E-state index in [0.29, 0.717) is 0 Å². The highest BCUT2D eigenvalue weighted by Crippen LogP contribution is 2.58. The molecule has 0 rings (SSSR count). The molecule has 0 amide bonds. The molecule has 0 saturated heterocycles. The van der Waals surface area contributed by atoms with Gasteiger partial charge in [-0.1, -0.05) is 11.8 Å². The van der Waals surface area contributed by atoms with Gasteiger partial charge in [0, 0.05) is 0 Å². The number of nitrogens with one attached hydrogen (secondary N) is 1. The van der Waals surface area contributed by atoms with Gasteiger partial charge in [0.05, 0.1) is 0 Å². The van der Waals surface area contributed by atoms with Crippen LogP contribution in [0.25, 0.3) is 0 Å². The lowest BCUT2D eigenvalue weighted by molar-refractivity contribution is 0.299. The van der Waals surface area contributed by atoms with Gasteiger partial charge in [-0.25, -0.2) is 9.13 Å². The van der Waals surface area contributed by atoms with Gasteiger partial charge in [0.1, 0.15) is 13.2 Å². The molecular formula is C6H7F2NO4P2. The van der Waals surface area contributed by atoms with Crippen LogP contribution in [0.4, 0.5) is 8.39 Å². The normalized spacial score (nSPS) is 18.1. The second-order valence-corrected chi connectivity index (χ2v) is 5.25. The molecule has 15 heavy (non-hydrogen) atoms. The van der Waals surface area contributed by atoms with Crippen LogP contribution in [-0.4, -0.2) is 13.2 Å². The fourth-order valence-corrected chi connectivity index (χ4v) is 2.53. The van der Waals surface area contributed by atoms with E-state index in [1.165, 1.54) is 0 Å². The van der Waals surface area contributed by atoms with Crippen molar-refractivity contribution in [3.8, 4) is 24.7 Å². The van der Waals surface area contributed by atoms with Crippen LogP contribution in [0.15, 0.2) is 0 Å². The van der Waals surface area contributed by atoms with Crippen molar-refractivity contribution in [2.24, 2.45) is 0 Å². The maximum atomic E-state index is 12.8. The van der Waals surface area contributed by atoms with Crippen molar-refractivity contribution in [3.63, 3.8) is 0 Å². The molecule has 9 heteroatoms. The summed E-state index contributed by atoms with van der Waals surface area (Å²) in [5.74, 6) is 3.59. The van der Waals surface area contributed by atoms with Gasteiger partial charge in [0.25, 0.3) is 0 Å². The van der Waals surface area contributed by atoms with Crippen molar-refractivity contribution in [2.75, 3.05) is 13.2 Å². The Hall–Kier alpha value is -0.680. The summed E-state index contributed by atoms with van der Waals surface area (Å²) >= 11 is 0. The summed E-state index contributed by atoms with van der Waals surface area (Å²) in [5, 5.41) is 0. The van der Waals surface area contributed by atoms with Crippen molar-refractivity contribution in [1.29, 1.82) is 0 Å². The van der Waals surface area contributed by atoms with Crippen LogP contribution < -0.4 is 4.86 Å². The molecular weight excluding hydrogens is 250 g/mol. The van der Waals surface area contributed by atoms with E-state index >= 15 is 0 Å². The smallest absolute Gasteiger partial charge is 0.280 e. The Balaban J connectivity index is 4.33. The monoisotopic (exact) mass is 257 g/mol. The van der Waals surface area contributed by atoms with E-state index in [2.05, 4.69) is 21.9 Å². The highest BCUT2D eigenvalue weighted by Gasteiger charge is 2.35. The molecule has 5 nitrogen and oxygen atoms in total. The van der Waals surface area contributed by atoms with Gasteiger partial charge in [-0.15, -0.1) is 26.1 Å². The molecule has 1 N–H and O–H groups in total. The lowest BCUT2D eigenvalue weighted by atomic mass is 10.8. The molecule has 0 aliphatic heterocycles. The van der Waals surface area contributed by atoms with E-state index in [0.717, 1.165) is 4.86 Å². The van der Waals surface area contributed by atoms with Gasteiger partial charge in [-0.2, -0.15) is 0 Å². The zero-order valence-corrected chi connectivity index (χ0v) is 9.14. The highest BCUT2D eigenvalue weighted by atomic mass is 31.3. The zero-order valence-electron chi connectivity index (χ0n) is 7.35. The van der Waals surface area contributed by atoms with Gasteiger partial charge in [-0.3, -0.25) is 9.05 Å². The highest BCUT2D eigenvalue weighted by molar-refractivity contribution is 7.67. The molecule has 0 spiro atoms. The number of halogens is 2. The molecule has 2 unspecified atom stereocenters. The fraction of sp³-hybridized carbons (Fsp3) is 0.333. The second-order valence-electron chi connectivity index (χ2n) is 2.01. The summed E-state index contributed by atoms with van der Waals surface area (Å²) in [7, 11) is -10.2. The second kappa shape index (κ2) is 6.02. The molecule has 0 heterocycles. The number of hydrogen-bond acceptors (Lipinski definition) is 4. The van der Waals surface area contributed by atoms with E-state index in [4.69, 9.17) is 0 Å². The molecule has 0 aromatic rings. The Kier molecular flexibility index (Phi) is 5.75. The van der Waals surface area contributed by atoms with Crippen LogP contribution in [0.2, 0.25) is 0 Å². The van der Waals surface area contributed by atoms with Crippen LogP contribution >= 0.6 is 15.7 Å². The van der Waals surface area contributed by atoms with Crippen LogP contribution in [0.5, 0.6) is 0 Å². The van der Waals surface area contributed by atoms with Crippen molar-refractivity contribution in [1.82, 2.24) is 4.86 Å². The van der Waals surface area contributed by atoms with Crippen LogP contribution in [-0.2, 0) is 18.2 Å². The van der Waals surface area contributed by atoms with Crippen LogP contribution in [0.1, 0.15) is 0 Å². The summed E-state index contributed by atoms with van der Waals surface area (Å²) in [4.78, 5) is 0.944. The summed E-state index contributed by atoms with van der Waals surface area (Å²) in [5.41, 5.74) is 0. The lowest BCUT2D eigenvalue weighted by Crippen LogP contribution is -2.07. The first-order chi connectivity index (χ1) is 6.83. The quantitative estimate of drug-likeness (QED) is 0.582. The first-order valence-corrected chi connectivity index (χ1v) is 6.41. The minimum atomic E-state index is -5.09. The summed E-state index contributed by atoms with van der Waals surface area (Å²) in [6, 6.07) is 0. The summed E-state index contributed by atoms with van der Waals surface area (Å²) in [6.45, 7) is -1.34. The number of hydrogen-bond donors (Lipinski definition) is 1. The average Bonchev–Trinajstić information content (AvgIpc) is 2.10. The van der Waals surface area contributed by atoms with E-state index in [1.54, 1.807) is 11.8 Å². The van der Waals surface area contributed by atoms with Gasteiger partial charge in [0.15, 0.2) is 0 Å². The molecule has 0 aliphatic rings. The Morgan fingerprint density at radius 1 is 1.07 bits per heavy atom. The summed E-state index contributed by atoms with van der Waals surface area (Å²) in [6.07, 6.45) is 9.34.